The first-order chi connectivity index (χ1) is 6.18. The van der Waals surface area contributed by atoms with Crippen molar-refractivity contribution in [1.29, 1.82) is 0 Å². The van der Waals surface area contributed by atoms with Gasteiger partial charge in [0.05, 0.1) is 21.2 Å². The molecule has 0 aliphatic heterocycles. The van der Waals surface area contributed by atoms with Gasteiger partial charge in [0.15, 0.2) is 0 Å². The maximum absolute atomic E-state index is 5.83. The first-order valence-electron chi connectivity index (χ1n) is 3.68. The minimum Gasteiger partial charge on any atom is -0.396 e. The highest BCUT2D eigenvalue weighted by atomic mass is 35.5. The van der Waals surface area contributed by atoms with Crippen LogP contribution in [0.4, 0.5) is 5.69 Å². The number of aromatic nitrogens is 1. The number of fused-ring (bicyclic) bond motifs is 1. The van der Waals surface area contributed by atoms with Crippen LogP contribution in [-0.4, -0.2) is 4.98 Å². The molecule has 0 aliphatic rings. The van der Waals surface area contributed by atoms with Crippen LogP contribution in [0.3, 0.4) is 0 Å². The lowest BCUT2D eigenvalue weighted by atomic mass is 10.2. The Hall–Kier alpha value is -0.990. The zero-order valence-corrected chi connectivity index (χ0v) is 8.10. The van der Waals surface area contributed by atoms with Crippen molar-refractivity contribution >= 4 is 39.8 Å². The normalized spacial score (nSPS) is 10.6. The van der Waals surface area contributed by atoms with Crippen molar-refractivity contribution in [2.45, 2.75) is 0 Å². The topological polar surface area (TPSA) is 38.9 Å². The van der Waals surface area contributed by atoms with Crippen LogP contribution in [0.5, 0.6) is 0 Å². The molecule has 0 amide bonds. The Bertz CT molecular complexity index is 468. The van der Waals surface area contributed by atoms with E-state index in [0.29, 0.717) is 21.2 Å². The van der Waals surface area contributed by atoms with Gasteiger partial charge in [-0.3, -0.25) is 4.98 Å². The Morgan fingerprint density at radius 2 is 2.00 bits per heavy atom. The Morgan fingerprint density at radius 1 is 1.23 bits per heavy atom. The molecule has 1 aromatic carbocycles. The molecule has 2 nitrogen and oxygen atoms in total. The summed E-state index contributed by atoms with van der Waals surface area (Å²) in [7, 11) is 0. The van der Waals surface area contributed by atoms with E-state index in [1.165, 1.54) is 0 Å². The monoisotopic (exact) mass is 212 g/mol. The smallest absolute Gasteiger partial charge is 0.0947 e. The van der Waals surface area contributed by atoms with Gasteiger partial charge >= 0.3 is 0 Å². The Balaban J connectivity index is 2.87. The molecule has 2 aromatic rings. The molecule has 0 spiro atoms. The summed E-state index contributed by atoms with van der Waals surface area (Å²) < 4.78 is 0. The minimum absolute atomic E-state index is 0.496. The number of nitrogens with zero attached hydrogens (tertiary/aromatic N) is 1. The number of anilines is 1. The van der Waals surface area contributed by atoms with Crippen molar-refractivity contribution in [1.82, 2.24) is 4.98 Å². The molecule has 0 unspecified atom stereocenters. The number of hydrogen-bond acceptors (Lipinski definition) is 2. The summed E-state index contributed by atoms with van der Waals surface area (Å²) in [5, 5.41) is 2.01. The number of rotatable bonds is 0. The van der Waals surface area contributed by atoms with Crippen LogP contribution < -0.4 is 5.73 Å². The minimum atomic E-state index is 0.496. The van der Waals surface area contributed by atoms with E-state index in [1.54, 1.807) is 18.3 Å². The lowest BCUT2D eigenvalue weighted by molar-refractivity contribution is 1.41. The van der Waals surface area contributed by atoms with Crippen LogP contribution in [0.1, 0.15) is 0 Å². The number of pyridine rings is 1. The Morgan fingerprint density at radius 3 is 2.77 bits per heavy atom. The van der Waals surface area contributed by atoms with Crippen LogP contribution in [0.15, 0.2) is 24.4 Å². The van der Waals surface area contributed by atoms with E-state index >= 15 is 0 Å². The van der Waals surface area contributed by atoms with Gasteiger partial charge in [-0.05, 0) is 12.1 Å². The van der Waals surface area contributed by atoms with E-state index in [4.69, 9.17) is 28.9 Å². The van der Waals surface area contributed by atoms with Crippen LogP contribution in [-0.2, 0) is 0 Å². The highest BCUT2D eigenvalue weighted by Crippen LogP contribution is 2.27. The van der Waals surface area contributed by atoms with E-state index < -0.39 is 0 Å². The third kappa shape index (κ3) is 1.43. The van der Waals surface area contributed by atoms with Gasteiger partial charge in [0, 0.05) is 11.6 Å². The summed E-state index contributed by atoms with van der Waals surface area (Å²) in [6.45, 7) is 0. The van der Waals surface area contributed by atoms with Gasteiger partial charge in [0.1, 0.15) is 0 Å². The molecule has 13 heavy (non-hydrogen) atoms. The van der Waals surface area contributed by atoms with E-state index in [-0.39, 0.29) is 0 Å². The fourth-order valence-electron chi connectivity index (χ4n) is 1.17. The number of nitrogen functional groups attached to an aromatic ring is 1. The number of nitrogens with two attached hydrogens (primary N) is 1. The molecule has 0 fully saturated rings. The van der Waals surface area contributed by atoms with E-state index in [2.05, 4.69) is 4.98 Å². The maximum Gasteiger partial charge on any atom is 0.0947 e. The highest BCUT2D eigenvalue weighted by molar-refractivity contribution is 6.35. The molecule has 2 N–H and O–H groups in total. The predicted molar refractivity (Wildman–Crippen MR) is 56.2 cm³/mol. The SMILES string of the molecule is Nc1c(Cl)ccc2cc(Cl)cnc12. The van der Waals surface area contributed by atoms with E-state index in [0.717, 1.165) is 5.39 Å². The zero-order chi connectivity index (χ0) is 9.42. The summed E-state index contributed by atoms with van der Waals surface area (Å²) in [6, 6.07) is 5.38. The maximum atomic E-state index is 5.83. The molecule has 66 valence electrons. The first-order valence-corrected chi connectivity index (χ1v) is 4.43. The third-order valence-corrected chi connectivity index (χ3v) is 2.34. The molecule has 0 atom stereocenters. The molecular weight excluding hydrogens is 207 g/mol. The summed E-state index contributed by atoms with van der Waals surface area (Å²) in [5.74, 6) is 0. The van der Waals surface area contributed by atoms with Crippen molar-refractivity contribution in [3.63, 3.8) is 0 Å². The fraction of sp³-hybridized carbons (Fsp3) is 0. The second-order valence-electron chi connectivity index (χ2n) is 2.69. The lowest BCUT2D eigenvalue weighted by Crippen LogP contribution is -1.90. The molecular formula is C9H6Cl2N2. The largest absolute Gasteiger partial charge is 0.396 e. The quantitative estimate of drug-likeness (QED) is 0.682. The van der Waals surface area contributed by atoms with Crippen molar-refractivity contribution < 1.29 is 0 Å². The average molecular weight is 213 g/mol. The van der Waals surface area contributed by atoms with Crippen molar-refractivity contribution in [2.75, 3.05) is 5.73 Å². The standard InChI is InChI=1S/C9H6Cl2N2/c10-6-3-5-1-2-7(11)8(12)9(5)13-4-6/h1-4H,12H2. The molecule has 0 bridgehead atoms. The molecule has 2 rings (SSSR count). The molecule has 1 heterocycles. The summed E-state index contributed by atoms with van der Waals surface area (Å²) in [4.78, 5) is 4.10. The van der Waals surface area contributed by atoms with Gasteiger partial charge in [-0.25, -0.2) is 0 Å². The summed E-state index contributed by atoms with van der Waals surface area (Å²) in [5.41, 5.74) is 6.92. The van der Waals surface area contributed by atoms with Crippen molar-refractivity contribution in [2.24, 2.45) is 0 Å². The Kier molecular flexibility index (Phi) is 2.02. The van der Waals surface area contributed by atoms with Gasteiger partial charge in [0.2, 0.25) is 0 Å². The molecule has 4 heteroatoms. The van der Waals surface area contributed by atoms with Gasteiger partial charge in [0.25, 0.3) is 0 Å². The third-order valence-electron chi connectivity index (χ3n) is 1.81. The number of benzene rings is 1. The van der Waals surface area contributed by atoms with E-state index in [9.17, 15) is 0 Å². The lowest BCUT2D eigenvalue weighted by Gasteiger charge is -2.02. The first kappa shape index (κ1) is 8.60. The van der Waals surface area contributed by atoms with Crippen LogP contribution in [0.2, 0.25) is 10.0 Å². The number of hydrogen-bond donors (Lipinski definition) is 1. The van der Waals surface area contributed by atoms with Crippen LogP contribution in [0.25, 0.3) is 10.9 Å². The predicted octanol–water partition coefficient (Wildman–Crippen LogP) is 3.12. The summed E-state index contributed by atoms with van der Waals surface area (Å²) >= 11 is 11.6. The molecule has 1 aromatic heterocycles. The van der Waals surface area contributed by atoms with E-state index in [1.807, 2.05) is 6.07 Å². The van der Waals surface area contributed by atoms with Gasteiger partial charge in [-0.1, -0.05) is 29.3 Å². The second-order valence-corrected chi connectivity index (χ2v) is 3.53. The van der Waals surface area contributed by atoms with Crippen LogP contribution in [0, 0.1) is 0 Å². The summed E-state index contributed by atoms with van der Waals surface area (Å²) in [6.07, 6.45) is 1.55. The average Bonchev–Trinajstić information content (AvgIpc) is 2.12. The van der Waals surface area contributed by atoms with Gasteiger partial charge in [-0.15, -0.1) is 0 Å². The van der Waals surface area contributed by atoms with Crippen molar-refractivity contribution in [3.05, 3.63) is 34.4 Å². The molecule has 0 saturated carbocycles. The van der Waals surface area contributed by atoms with Gasteiger partial charge in [-0.2, -0.15) is 0 Å². The molecule has 0 radical (unpaired) electrons. The highest BCUT2D eigenvalue weighted by Gasteiger charge is 2.03. The second kappa shape index (κ2) is 3.05. The molecule has 0 aliphatic carbocycles. The molecule has 0 saturated heterocycles. The van der Waals surface area contributed by atoms with Crippen LogP contribution >= 0.6 is 23.2 Å². The Labute approximate surface area is 85.3 Å². The van der Waals surface area contributed by atoms with Gasteiger partial charge < -0.3 is 5.73 Å². The van der Waals surface area contributed by atoms with Crippen molar-refractivity contribution in [3.8, 4) is 0 Å². The fourth-order valence-corrected chi connectivity index (χ4v) is 1.49. The zero-order valence-electron chi connectivity index (χ0n) is 6.59. The number of halogens is 2.